The maximum Gasteiger partial charge on any atom is 0.274 e. The summed E-state index contributed by atoms with van der Waals surface area (Å²) in [5.74, 6) is 0.623. The van der Waals surface area contributed by atoms with Gasteiger partial charge in [-0.25, -0.2) is 0 Å². The Bertz CT molecular complexity index is 438. The van der Waals surface area contributed by atoms with Gasteiger partial charge in [0.15, 0.2) is 5.69 Å². The molecule has 0 saturated heterocycles. The second-order valence-corrected chi connectivity index (χ2v) is 5.54. The van der Waals surface area contributed by atoms with E-state index >= 15 is 0 Å². The number of nitrogens with two attached hydrogens (primary N) is 1. The minimum Gasteiger partial charge on any atom is -0.395 e. The third kappa shape index (κ3) is 2.35. The molecule has 1 aromatic rings. The lowest BCUT2D eigenvalue weighted by molar-refractivity contribution is 0.0925. The highest BCUT2D eigenvalue weighted by molar-refractivity contribution is 5.97. The number of nitrogens with one attached hydrogen (secondary N) is 2. The topological polar surface area (TPSA) is 83.8 Å². The van der Waals surface area contributed by atoms with Crippen molar-refractivity contribution in [1.82, 2.24) is 15.5 Å². The molecule has 0 aromatic carbocycles. The Hall–Kier alpha value is -1.52. The van der Waals surface area contributed by atoms with E-state index in [0.29, 0.717) is 17.3 Å². The summed E-state index contributed by atoms with van der Waals surface area (Å²) >= 11 is 0. The SMILES string of the molecule is CC(C)c1[nH]nc(C(=O)NC2CCCC2C)c1N. The maximum absolute atomic E-state index is 12.1. The molecule has 1 aliphatic carbocycles. The molecule has 1 aliphatic rings. The quantitative estimate of drug-likeness (QED) is 0.767. The van der Waals surface area contributed by atoms with Gasteiger partial charge in [-0.2, -0.15) is 5.10 Å². The van der Waals surface area contributed by atoms with E-state index in [1.54, 1.807) is 0 Å². The Morgan fingerprint density at radius 3 is 2.72 bits per heavy atom. The molecule has 0 bridgehead atoms. The molecule has 2 atom stereocenters. The Labute approximate surface area is 108 Å². The lowest BCUT2D eigenvalue weighted by Crippen LogP contribution is -2.36. The Morgan fingerprint density at radius 1 is 1.50 bits per heavy atom. The fourth-order valence-corrected chi connectivity index (χ4v) is 2.57. The lowest BCUT2D eigenvalue weighted by atomic mass is 10.1. The Kier molecular flexibility index (Phi) is 3.59. The number of aromatic amines is 1. The minimum absolute atomic E-state index is 0.158. The number of anilines is 1. The van der Waals surface area contributed by atoms with E-state index in [-0.39, 0.29) is 17.9 Å². The van der Waals surface area contributed by atoms with Gasteiger partial charge in [-0.05, 0) is 24.7 Å². The maximum atomic E-state index is 12.1. The van der Waals surface area contributed by atoms with E-state index in [1.807, 2.05) is 13.8 Å². The summed E-state index contributed by atoms with van der Waals surface area (Å²) in [7, 11) is 0. The molecule has 0 aliphatic heterocycles. The number of amides is 1. The molecule has 0 spiro atoms. The predicted molar refractivity (Wildman–Crippen MR) is 71.4 cm³/mol. The standard InChI is InChI=1S/C13H22N4O/c1-7(2)11-10(14)12(17-16-11)13(18)15-9-6-4-5-8(9)3/h7-9H,4-6,14H2,1-3H3,(H,15,18)(H,16,17). The number of carbonyl (C=O) groups excluding carboxylic acids is 1. The molecule has 1 saturated carbocycles. The van der Waals surface area contributed by atoms with Crippen molar-refractivity contribution in [3.05, 3.63) is 11.4 Å². The first-order valence-corrected chi connectivity index (χ1v) is 6.65. The van der Waals surface area contributed by atoms with Crippen LogP contribution < -0.4 is 11.1 Å². The number of nitrogen functional groups attached to an aromatic ring is 1. The van der Waals surface area contributed by atoms with Gasteiger partial charge in [-0.1, -0.05) is 27.2 Å². The summed E-state index contributed by atoms with van der Waals surface area (Å²) in [6.45, 7) is 6.21. The average molecular weight is 250 g/mol. The van der Waals surface area contributed by atoms with Crippen LogP contribution in [-0.4, -0.2) is 22.1 Å². The minimum atomic E-state index is -0.158. The van der Waals surface area contributed by atoms with Crippen LogP contribution in [0.15, 0.2) is 0 Å². The van der Waals surface area contributed by atoms with Gasteiger partial charge in [0, 0.05) is 6.04 Å². The first-order chi connectivity index (χ1) is 8.50. The molecule has 2 rings (SSSR count). The zero-order chi connectivity index (χ0) is 13.3. The van der Waals surface area contributed by atoms with Gasteiger partial charge in [0.1, 0.15) is 0 Å². The van der Waals surface area contributed by atoms with Crippen molar-refractivity contribution in [2.24, 2.45) is 5.92 Å². The van der Waals surface area contributed by atoms with Crippen LogP contribution in [0.5, 0.6) is 0 Å². The predicted octanol–water partition coefficient (Wildman–Crippen LogP) is 2.03. The van der Waals surface area contributed by atoms with Crippen molar-refractivity contribution in [3.63, 3.8) is 0 Å². The van der Waals surface area contributed by atoms with Gasteiger partial charge in [0.25, 0.3) is 5.91 Å². The van der Waals surface area contributed by atoms with E-state index in [9.17, 15) is 4.79 Å². The molecule has 100 valence electrons. The molecule has 1 fully saturated rings. The van der Waals surface area contributed by atoms with E-state index < -0.39 is 0 Å². The number of nitrogens with zero attached hydrogens (tertiary/aromatic N) is 1. The van der Waals surface area contributed by atoms with Gasteiger partial charge in [0.2, 0.25) is 0 Å². The summed E-state index contributed by atoms with van der Waals surface area (Å²) in [5, 5.41) is 9.93. The Morgan fingerprint density at radius 2 is 2.22 bits per heavy atom. The first kappa shape index (κ1) is 12.9. The average Bonchev–Trinajstić information content (AvgIpc) is 2.86. The number of hydrogen-bond donors (Lipinski definition) is 3. The second kappa shape index (κ2) is 5.00. The van der Waals surface area contributed by atoms with Crippen LogP contribution in [0.1, 0.15) is 62.1 Å². The van der Waals surface area contributed by atoms with Crippen LogP contribution in [0.4, 0.5) is 5.69 Å². The van der Waals surface area contributed by atoms with Gasteiger partial charge in [0.05, 0.1) is 11.4 Å². The van der Waals surface area contributed by atoms with Gasteiger partial charge in [-0.3, -0.25) is 9.89 Å². The summed E-state index contributed by atoms with van der Waals surface area (Å²) in [4.78, 5) is 12.1. The summed E-state index contributed by atoms with van der Waals surface area (Å²) in [6.07, 6.45) is 3.41. The molecule has 1 amide bonds. The Balaban J connectivity index is 2.09. The zero-order valence-electron chi connectivity index (χ0n) is 11.3. The lowest BCUT2D eigenvalue weighted by Gasteiger charge is -2.16. The molecule has 5 heteroatoms. The highest BCUT2D eigenvalue weighted by Crippen LogP contribution is 2.26. The van der Waals surface area contributed by atoms with Crippen LogP contribution in [0, 0.1) is 5.92 Å². The highest BCUT2D eigenvalue weighted by atomic mass is 16.2. The molecular formula is C13H22N4O. The van der Waals surface area contributed by atoms with E-state index in [1.165, 1.54) is 12.8 Å². The van der Waals surface area contributed by atoms with Crippen LogP contribution in [-0.2, 0) is 0 Å². The molecule has 0 radical (unpaired) electrons. The summed E-state index contributed by atoms with van der Waals surface area (Å²) in [5.41, 5.74) is 7.60. The number of carbonyl (C=O) groups is 1. The van der Waals surface area contributed by atoms with Crippen LogP contribution in [0.25, 0.3) is 0 Å². The highest BCUT2D eigenvalue weighted by Gasteiger charge is 2.27. The summed E-state index contributed by atoms with van der Waals surface area (Å²) in [6, 6.07) is 0.260. The monoisotopic (exact) mass is 250 g/mol. The van der Waals surface area contributed by atoms with Gasteiger partial charge >= 0.3 is 0 Å². The normalized spacial score (nSPS) is 23.6. The number of rotatable bonds is 3. The molecular weight excluding hydrogens is 228 g/mol. The van der Waals surface area contributed by atoms with Crippen molar-refractivity contribution in [2.45, 2.75) is 52.0 Å². The van der Waals surface area contributed by atoms with E-state index in [0.717, 1.165) is 12.1 Å². The van der Waals surface area contributed by atoms with Crippen molar-refractivity contribution in [2.75, 3.05) is 5.73 Å². The zero-order valence-corrected chi connectivity index (χ0v) is 11.3. The molecule has 5 nitrogen and oxygen atoms in total. The van der Waals surface area contributed by atoms with Gasteiger partial charge in [-0.15, -0.1) is 0 Å². The third-order valence-electron chi connectivity index (χ3n) is 3.80. The van der Waals surface area contributed by atoms with E-state index in [4.69, 9.17) is 5.73 Å². The van der Waals surface area contributed by atoms with Gasteiger partial charge < -0.3 is 11.1 Å². The van der Waals surface area contributed by atoms with E-state index in [2.05, 4.69) is 22.4 Å². The largest absolute Gasteiger partial charge is 0.395 e. The van der Waals surface area contributed by atoms with Crippen molar-refractivity contribution < 1.29 is 4.79 Å². The smallest absolute Gasteiger partial charge is 0.274 e. The van der Waals surface area contributed by atoms with Crippen molar-refractivity contribution >= 4 is 11.6 Å². The second-order valence-electron chi connectivity index (χ2n) is 5.54. The molecule has 1 aromatic heterocycles. The number of hydrogen-bond acceptors (Lipinski definition) is 3. The van der Waals surface area contributed by atoms with Crippen LogP contribution in [0.3, 0.4) is 0 Å². The van der Waals surface area contributed by atoms with Crippen LogP contribution in [0.2, 0.25) is 0 Å². The van der Waals surface area contributed by atoms with Crippen LogP contribution >= 0.6 is 0 Å². The number of H-pyrrole nitrogens is 1. The molecule has 4 N–H and O–H groups in total. The molecule has 1 heterocycles. The first-order valence-electron chi connectivity index (χ1n) is 6.65. The molecule has 18 heavy (non-hydrogen) atoms. The number of aromatic nitrogens is 2. The molecule has 2 unspecified atom stereocenters. The van der Waals surface area contributed by atoms with Crippen molar-refractivity contribution in [3.8, 4) is 0 Å². The fraction of sp³-hybridized carbons (Fsp3) is 0.692. The summed E-state index contributed by atoms with van der Waals surface area (Å²) < 4.78 is 0. The fourth-order valence-electron chi connectivity index (χ4n) is 2.57. The third-order valence-corrected chi connectivity index (χ3v) is 3.80. The van der Waals surface area contributed by atoms with Crippen molar-refractivity contribution in [1.29, 1.82) is 0 Å².